The molecule has 2 aromatic heterocycles. The van der Waals surface area contributed by atoms with Gasteiger partial charge in [0.2, 0.25) is 0 Å². The van der Waals surface area contributed by atoms with Gasteiger partial charge in [-0.05, 0) is 42.8 Å². The lowest BCUT2D eigenvalue weighted by molar-refractivity contribution is -0.444. The van der Waals surface area contributed by atoms with Crippen molar-refractivity contribution in [1.29, 1.82) is 5.26 Å². The summed E-state index contributed by atoms with van der Waals surface area (Å²) in [6.45, 7) is 1.93. The second-order valence-electron chi connectivity index (χ2n) is 7.67. The molecule has 0 amide bonds. The molecule has 0 radical (unpaired) electrons. The minimum atomic E-state index is -0.365. The van der Waals surface area contributed by atoms with Crippen LogP contribution >= 0.6 is 0 Å². The number of phenolic OH excluding ortho intramolecular Hbond substituents is 1. The van der Waals surface area contributed by atoms with Crippen molar-refractivity contribution in [2.24, 2.45) is 5.10 Å². The van der Waals surface area contributed by atoms with Crippen LogP contribution in [0.15, 0.2) is 84.5 Å². The van der Waals surface area contributed by atoms with Crippen LogP contribution < -0.4 is 5.73 Å². The minimum Gasteiger partial charge on any atom is -0.508 e. The third-order valence-electron chi connectivity index (χ3n) is 5.56. The first-order chi connectivity index (χ1) is 16.1. The van der Waals surface area contributed by atoms with Crippen LogP contribution in [0.2, 0.25) is 0 Å². The fraction of sp³-hybridized carbons (Fsp3) is 0.0800. The number of para-hydroxylation sites is 1. The van der Waals surface area contributed by atoms with Crippen molar-refractivity contribution in [1.82, 2.24) is 14.5 Å². The SMILES string of the molecule is CC1=N[N+](c2ccccc2)=C(n2ccnc2)C1c1cc(-c2cccc(O)c2)nc(N)c1C#N. The van der Waals surface area contributed by atoms with E-state index in [1.165, 1.54) is 0 Å². The van der Waals surface area contributed by atoms with Crippen molar-refractivity contribution in [3.8, 4) is 23.1 Å². The highest BCUT2D eigenvalue weighted by Crippen LogP contribution is 2.35. The zero-order valence-corrected chi connectivity index (χ0v) is 17.8. The number of rotatable bonds is 3. The van der Waals surface area contributed by atoms with E-state index in [-0.39, 0.29) is 17.5 Å². The van der Waals surface area contributed by atoms with Crippen LogP contribution in [0.4, 0.5) is 11.5 Å². The molecule has 0 saturated heterocycles. The Morgan fingerprint density at radius 3 is 2.64 bits per heavy atom. The molecule has 3 N–H and O–H groups in total. The molecule has 0 aliphatic carbocycles. The van der Waals surface area contributed by atoms with Crippen molar-refractivity contribution >= 4 is 23.1 Å². The predicted molar refractivity (Wildman–Crippen MR) is 125 cm³/mol. The van der Waals surface area contributed by atoms with Crippen molar-refractivity contribution in [3.05, 3.63) is 90.5 Å². The fourth-order valence-electron chi connectivity index (χ4n) is 4.10. The first kappa shape index (κ1) is 20.2. The molecule has 5 rings (SSSR count). The van der Waals surface area contributed by atoms with Gasteiger partial charge >= 0.3 is 5.84 Å². The molecule has 1 unspecified atom stereocenters. The van der Waals surface area contributed by atoms with Gasteiger partial charge in [0, 0.05) is 5.56 Å². The van der Waals surface area contributed by atoms with E-state index < -0.39 is 0 Å². The Kier molecular flexibility index (Phi) is 4.92. The number of hydrogen-bond acceptors (Lipinski definition) is 6. The van der Waals surface area contributed by atoms with E-state index in [4.69, 9.17) is 10.8 Å². The van der Waals surface area contributed by atoms with Gasteiger partial charge in [0.1, 0.15) is 29.8 Å². The van der Waals surface area contributed by atoms with E-state index in [1.807, 2.05) is 64.8 Å². The Labute approximate surface area is 190 Å². The number of nitrogens with zero attached hydrogens (tertiary/aromatic N) is 6. The molecule has 1 atom stereocenters. The monoisotopic (exact) mass is 434 g/mol. The Bertz CT molecular complexity index is 1450. The van der Waals surface area contributed by atoms with Crippen LogP contribution in [0, 0.1) is 11.3 Å². The van der Waals surface area contributed by atoms with Gasteiger partial charge in [-0.25, -0.2) is 9.97 Å². The molecule has 1 aliphatic heterocycles. The van der Waals surface area contributed by atoms with Gasteiger partial charge in [-0.3, -0.25) is 0 Å². The molecule has 33 heavy (non-hydrogen) atoms. The highest BCUT2D eigenvalue weighted by Gasteiger charge is 2.40. The van der Waals surface area contributed by atoms with E-state index in [0.717, 1.165) is 17.2 Å². The Morgan fingerprint density at radius 2 is 1.94 bits per heavy atom. The zero-order chi connectivity index (χ0) is 22.9. The lowest BCUT2D eigenvalue weighted by atomic mass is 9.89. The summed E-state index contributed by atoms with van der Waals surface area (Å²) in [7, 11) is 0. The Morgan fingerprint density at radius 1 is 1.12 bits per heavy atom. The van der Waals surface area contributed by atoms with Crippen LogP contribution in [0.3, 0.4) is 0 Å². The average Bonchev–Trinajstić information content (AvgIpc) is 3.47. The van der Waals surface area contributed by atoms with Gasteiger partial charge in [0.05, 0.1) is 23.2 Å². The maximum atomic E-state index is 9.96. The maximum Gasteiger partial charge on any atom is 0.301 e. The van der Waals surface area contributed by atoms with Gasteiger partial charge in [0.15, 0.2) is 12.0 Å². The predicted octanol–water partition coefficient (Wildman–Crippen LogP) is 3.87. The number of nitriles is 1. The van der Waals surface area contributed by atoms with Gasteiger partial charge in [-0.1, -0.05) is 35.4 Å². The number of hydrazone groups is 1. The Balaban J connectivity index is 1.76. The van der Waals surface area contributed by atoms with Crippen molar-refractivity contribution in [2.45, 2.75) is 12.8 Å². The third-order valence-corrected chi connectivity index (χ3v) is 5.56. The summed E-state index contributed by atoms with van der Waals surface area (Å²) >= 11 is 0. The maximum absolute atomic E-state index is 9.96. The largest absolute Gasteiger partial charge is 0.508 e. The summed E-state index contributed by atoms with van der Waals surface area (Å²) in [4.78, 5) is 8.66. The van der Waals surface area contributed by atoms with Crippen LogP contribution in [0.1, 0.15) is 24.0 Å². The summed E-state index contributed by atoms with van der Waals surface area (Å²) in [6, 6.07) is 20.6. The molecule has 0 saturated carbocycles. The molecule has 0 spiro atoms. The number of aromatic nitrogens is 3. The summed E-state index contributed by atoms with van der Waals surface area (Å²) in [6.07, 6.45) is 5.25. The summed E-state index contributed by atoms with van der Waals surface area (Å²) in [5.74, 6) is 0.693. The van der Waals surface area contributed by atoms with Crippen LogP contribution in [-0.2, 0) is 0 Å². The van der Waals surface area contributed by atoms with Gasteiger partial charge in [-0.15, -0.1) is 4.68 Å². The molecule has 160 valence electrons. The molecule has 8 nitrogen and oxygen atoms in total. The first-order valence-electron chi connectivity index (χ1n) is 10.3. The number of phenols is 1. The highest BCUT2D eigenvalue weighted by molar-refractivity contribution is 6.12. The van der Waals surface area contributed by atoms with E-state index >= 15 is 0 Å². The molecule has 0 fully saturated rings. The molecule has 4 aromatic rings. The van der Waals surface area contributed by atoms with Gasteiger partial charge < -0.3 is 10.8 Å². The highest BCUT2D eigenvalue weighted by atomic mass is 16.3. The minimum absolute atomic E-state index is 0.123. The number of imidazole rings is 1. The van der Waals surface area contributed by atoms with Crippen molar-refractivity contribution in [3.63, 3.8) is 0 Å². The summed E-state index contributed by atoms with van der Waals surface area (Å²) < 4.78 is 3.75. The molecule has 3 heterocycles. The van der Waals surface area contributed by atoms with Crippen molar-refractivity contribution < 1.29 is 9.79 Å². The third kappa shape index (κ3) is 3.51. The molecular formula is C25H20N7O+. The first-order valence-corrected chi connectivity index (χ1v) is 10.3. The number of anilines is 1. The Hall–Kier alpha value is -4.77. The number of aromatic hydroxyl groups is 1. The molecular weight excluding hydrogens is 414 g/mol. The molecule has 2 aromatic carbocycles. The van der Waals surface area contributed by atoms with Crippen LogP contribution in [-0.4, -0.2) is 35.9 Å². The standard InChI is InChI=1S/C25H19N7O/c1-16-23(25(31-11-10-28-15-31)32(30-16)18-7-3-2-4-8-18)20-13-22(29-24(27)21(20)14-26)17-6-5-9-19(33)12-17/h2-13,15,23H,1H3,(H2-,27,29,33)/p+1. The molecule has 8 heteroatoms. The number of benzene rings is 2. The van der Waals surface area contributed by atoms with Gasteiger partial charge in [-0.2, -0.15) is 9.83 Å². The summed E-state index contributed by atoms with van der Waals surface area (Å²) in [5.41, 5.74) is 10.2. The molecule has 1 aliphatic rings. The average molecular weight is 434 g/mol. The van der Waals surface area contributed by atoms with Crippen molar-refractivity contribution in [2.75, 3.05) is 5.73 Å². The smallest absolute Gasteiger partial charge is 0.301 e. The lowest BCUT2D eigenvalue weighted by Crippen LogP contribution is -2.27. The summed E-state index contributed by atoms with van der Waals surface area (Å²) in [5, 5.41) is 24.7. The van der Waals surface area contributed by atoms with E-state index in [9.17, 15) is 10.4 Å². The number of nitrogens with two attached hydrogens (primary N) is 1. The van der Waals surface area contributed by atoms with E-state index in [1.54, 1.807) is 30.7 Å². The number of pyridine rings is 1. The van der Waals surface area contributed by atoms with Crippen LogP contribution in [0.25, 0.3) is 11.3 Å². The van der Waals surface area contributed by atoms with Crippen LogP contribution in [0.5, 0.6) is 5.75 Å². The van der Waals surface area contributed by atoms with E-state index in [0.29, 0.717) is 22.4 Å². The van der Waals surface area contributed by atoms with Gasteiger partial charge in [0.25, 0.3) is 0 Å². The fourth-order valence-corrected chi connectivity index (χ4v) is 4.10. The zero-order valence-electron chi connectivity index (χ0n) is 17.8. The lowest BCUT2D eigenvalue weighted by Gasteiger charge is -2.15. The quantitative estimate of drug-likeness (QED) is 0.475. The second kappa shape index (κ2) is 8.05. The number of hydrogen-bond donors (Lipinski definition) is 2. The van der Waals surface area contributed by atoms with E-state index in [2.05, 4.69) is 16.0 Å². The normalized spacial score (nSPS) is 15.4. The topological polar surface area (TPSA) is 116 Å². The number of nitrogen functional groups attached to an aromatic ring is 1. The molecule has 0 bridgehead atoms. The second-order valence-corrected chi connectivity index (χ2v) is 7.67.